The number of aliphatic hydroxyl groups excluding tert-OH is 1. The number of aliphatic hydroxyl groups is 1. The Kier molecular flexibility index (Phi) is 3.53. The van der Waals surface area contributed by atoms with Crippen molar-refractivity contribution in [2.24, 2.45) is 0 Å². The lowest BCUT2D eigenvalue weighted by atomic mass is 10.2. The lowest BCUT2D eigenvalue weighted by Gasteiger charge is -2.19. The fourth-order valence-electron chi connectivity index (χ4n) is 2.05. The van der Waals surface area contributed by atoms with Crippen molar-refractivity contribution in [3.63, 3.8) is 0 Å². The van der Waals surface area contributed by atoms with E-state index in [1.807, 2.05) is 4.90 Å². The second kappa shape index (κ2) is 4.92. The van der Waals surface area contributed by atoms with Crippen molar-refractivity contribution in [3.05, 3.63) is 28.8 Å². The van der Waals surface area contributed by atoms with E-state index >= 15 is 0 Å². The van der Waals surface area contributed by atoms with E-state index in [1.165, 1.54) is 0 Å². The van der Waals surface area contributed by atoms with Gasteiger partial charge in [0.2, 0.25) is 0 Å². The molecule has 1 heterocycles. The normalized spacial score (nSPS) is 23.8. The maximum Gasteiger partial charge on any atom is 0.102 e. The second-order valence-corrected chi connectivity index (χ2v) is 4.46. The molecule has 4 nitrogen and oxygen atoms in total. The lowest BCUT2D eigenvalue weighted by Crippen LogP contribution is -2.25. The molecule has 0 unspecified atom stereocenters. The van der Waals surface area contributed by atoms with Crippen LogP contribution in [-0.2, 0) is 4.74 Å². The third-order valence-electron chi connectivity index (χ3n) is 2.96. The Bertz CT molecular complexity index is 458. The predicted molar refractivity (Wildman–Crippen MR) is 65.2 cm³/mol. The molecule has 1 aliphatic heterocycles. The number of hydrogen-bond acceptors (Lipinski definition) is 4. The highest BCUT2D eigenvalue weighted by atomic mass is 35.5. The van der Waals surface area contributed by atoms with Gasteiger partial charge in [0.05, 0.1) is 17.4 Å². The van der Waals surface area contributed by atoms with Crippen molar-refractivity contribution in [1.29, 1.82) is 5.26 Å². The minimum Gasteiger partial charge on any atom is -0.388 e. The maximum absolute atomic E-state index is 9.77. The maximum atomic E-state index is 9.77. The molecule has 17 heavy (non-hydrogen) atoms. The quantitative estimate of drug-likeness (QED) is 0.865. The van der Waals surface area contributed by atoms with Crippen LogP contribution in [-0.4, -0.2) is 37.5 Å². The highest BCUT2D eigenvalue weighted by molar-refractivity contribution is 6.30. The van der Waals surface area contributed by atoms with Crippen molar-refractivity contribution in [1.82, 2.24) is 0 Å². The molecule has 0 bridgehead atoms. The molecule has 2 atom stereocenters. The highest BCUT2D eigenvalue weighted by Gasteiger charge is 2.32. The van der Waals surface area contributed by atoms with Crippen LogP contribution < -0.4 is 4.90 Å². The Morgan fingerprint density at radius 3 is 2.88 bits per heavy atom. The first-order valence-electron chi connectivity index (χ1n) is 5.31. The third-order valence-corrected chi connectivity index (χ3v) is 3.20. The van der Waals surface area contributed by atoms with E-state index in [0.717, 1.165) is 5.69 Å². The minimum atomic E-state index is -0.537. The number of ether oxygens (including phenoxy) is 1. The zero-order chi connectivity index (χ0) is 12.4. The third kappa shape index (κ3) is 2.37. The molecule has 1 aromatic carbocycles. The molecule has 0 spiro atoms. The van der Waals surface area contributed by atoms with Crippen LogP contribution in [0.5, 0.6) is 0 Å². The van der Waals surface area contributed by atoms with E-state index < -0.39 is 6.10 Å². The molecule has 0 aliphatic carbocycles. The molecule has 0 amide bonds. The highest BCUT2D eigenvalue weighted by Crippen LogP contribution is 2.28. The van der Waals surface area contributed by atoms with Gasteiger partial charge in [-0.1, -0.05) is 11.6 Å². The van der Waals surface area contributed by atoms with Gasteiger partial charge in [0, 0.05) is 25.2 Å². The van der Waals surface area contributed by atoms with Crippen molar-refractivity contribution < 1.29 is 9.84 Å². The molecular weight excluding hydrogens is 240 g/mol. The van der Waals surface area contributed by atoms with Crippen molar-refractivity contribution in [3.8, 4) is 6.07 Å². The van der Waals surface area contributed by atoms with Gasteiger partial charge < -0.3 is 14.7 Å². The van der Waals surface area contributed by atoms with Gasteiger partial charge in [-0.3, -0.25) is 0 Å². The first-order chi connectivity index (χ1) is 8.15. The number of methoxy groups -OCH3 is 1. The average Bonchev–Trinajstić information content (AvgIpc) is 2.70. The van der Waals surface area contributed by atoms with Gasteiger partial charge in [-0.15, -0.1) is 0 Å². The van der Waals surface area contributed by atoms with Crippen molar-refractivity contribution in [2.75, 3.05) is 25.1 Å². The van der Waals surface area contributed by atoms with Crippen LogP contribution in [0, 0.1) is 11.3 Å². The summed E-state index contributed by atoms with van der Waals surface area (Å²) < 4.78 is 5.17. The van der Waals surface area contributed by atoms with E-state index in [-0.39, 0.29) is 6.10 Å². The largest absolute Gasteiger partial charge is 0.388 e. The van der Waals surface area contributed by atoms with Gasteiger partial charge in [0.25, 0.3) is 0 Å². The lowest BCUT2D eigenvalue weighted by molar-refractivity contribution is 0.0217. The second-order valence-electron chi connectivity index (χ2n) is 4.02. The predicted octanol–water partition coefficient (Wildman–Crippen LogP) is 1.41. The summed E-state index contributed by atoms with van der Waals surface area (Å²) in [6, 6.07) is 7.23. The summed E-state index contributed by atoms with van der Waals surface area (Å²) in [4.78, 5) is 1.92. The van der Waals surface area contributed by atoms with Crippen LogP contribution >= 0.6 is 11.6 Å². The zero-order valence-electron chi connectivity index (χ0n) is 9.43. The summed E-state index contributed by atoms with van der Waals surface area (Å²) in [5.74, 6) is 0. The number of anilines is 1. The summed E-state index contributed by atoms with van der Waals surface area (Å²) >= 11 is 5.93. The van der Waals surface area contributed by atoms with Crippen LogP contribution in [0.2, 0.25) is 5.02 Å². The molecule has 0 aromatic heterocycles. The first-order valence-corrected chi connectivity index (χ1v) is 5.69. The van der Waals surface area contributed by atoms with Gasteiger partial charge in [-0.2, -0.15) is 5.26 Å². The summed E-state index contributed by atoms with van der Waals surface area (Å²) in [5, 5.41) is 19.4. The van der Waals surface area contributed by atoms with Crippen LogP contribution in [0.15, 0.2) is 18.2 Å². The van der Waals surface area contributed by atoms with Crippen LogP contribution in [0.3, 0.4) is 0 Å². The molecule has 90 valence electrons. The van der Waals surface area contributed by atoms with Crippen molar-refractivity contribution in [2.45, 2.75) is 12.2 Å². The Morgan fingerprint density at radius 2 is 2.29 bits per heavy atom. The minimum absolute atomic E-state index is 0.222. The summed E-state index contributed by atoms with van der Waals surface area (Å²) in [6.45, 7) is 1.01. The fourth-order valence-corrected chi connectivity index (χ4v) is 2.21. The number of halogens is 1. The van der Waals surface area contributed by atoms with Crippen molar-refractivity contribution >= 4 is 17.3 Å². The first kappa shape index (κ1) is 12.2. The van der Waals surface area contributed by atoms with E-state index in [9.17, 15) is 5.11 Å². The van der Waals surface area contributed by atoms with E-state index in [4.69, 9.17) is 21.6 Å². The molecule has 1 aliphatic rings. The number of nitrogens with zero attached hydrogens (tertiary/aromatic N) is 2. The van der Waals surface area contributed by atoms with Gasteiger partial charge in [0.1, 0.15) is 12.2 Å². The SMILES string of the molecule is CO[C@@H]1CN(c2cc(Cl)ccc2C#N)C[C@H]1O. The van der Waals surface area contributed by atoms with Crippen LogP contribution in [0.1, 0.15) is 5.56 Å². The number of rotatable bonds is 2. The smallest absolute Gasteiger partial charge is 0.102 e. The molecule has 5 heteroatoms. The standard InChI is InChI=1S/C12H13ClN2O2/c1-17-12-7-15(6-11(12)16)10-4-9(13)3-2-8(10)5-14/h2-4,11-12,16H,6-7H2,1H3/t11-,12-/m1/s1. The Labute approximate surface area is 105 Å². The summed E-state index contributed by atoms with van der Waals surface area (Å²) in [7, 11) is 1.57. The van der Waals surface area contributed by atoms with Gasteiger partial charge >= 0.3 is 0 Å². The van der Waals surface area contributed by atoms with E-state index in [0.29, 0.717) is 23.7 Å². The Morgan fingerprint density at radius 1 is 1.53 bits per heavy atom. The van der Waals surface area contributed by atoms with E-state index in [1.54, 1.807) is 25.3 Å². The molecule has 2 rings (SSSR count). The zero-order valence-corrected chi connectivity index (χ0v) is 10.2. The number of nitriles is 1. The van der Waals surface area contributed by atoms with Gasteiger partial charge in [-0.05, 0) is 18.2 Å². The number of β-amino-alcohol motifs (C(OH)–C–C–N with tert-alkyl or cyclic N) is 1. The van der Waals surface area contributed by atoms with Gasteiger partial charge in [0.15, 0.2) is 0 Å². The summed E-state index contributed by atoms with van der Waals surface area (Å²) in [6.07, 6.45) is -0.758. The molecule has 1 saturated heterocycles. The Hall–Kier alpha value is -1.28. The molecule has 1 aromatic rings. The monoisotopic (exact) mass is 252 g/mol. The number of hydrogen-bond donors (Lipinski definition) is 1. The topological polar surface area (TPSA) is 56.5 Å². The molecule has 0 saturated carbocycles. The van der Waals surface area contributed by atoms with Crippen LogP contribution in [0.25, 0.3) is 0 Å². The van der Waals surface area contributed by atoms with Crippen LogP contribution in [0.4, 0.5) is 5.69 Å². The summed E-state index contributed by atoms with van der Waals surface area (Å²) in [5.41, 5.74) is 1.30. The fraction of sp³-hybridized carbons (Fsp3) is 0.417. The molecule has 0 radical (unpaired) electrons. The Balaban J connectivity index is 2.30. The number of benzene rings is 1. The molecule has 1 fully saturated rings. The van der Waals surface area contributed by atoms with E-state index in [2.05, 4.69) is 6.07 Å². The molecular formula is C12H13ClN2O2. The average molecular weight is 253 g/mol. The van der Waals surface area contributed by atoms with Gasteiger partial charge in [-0.25, -0.2) is 0 Å². The molecule has 1 N–H and O–H groups in total.